The maximum absolute atomic E-state index is 10.1. The van der Waals surface area contributed by atoms with E-state index in [1.807, 2.05) is 0 Å². The van der Waals surface area contributed by atoms with E-state index in [9.17, 15) is 5.11 Å². The molecule has 3 aliphatic rings. The Labute approximate surface area is 216 Å². The van der Waals surface area contributed by atoms with E-state index in [4.69, 9.17) is 9.97 Å². The average molecular weight is 493 g/mol. The molecule has 2 aliphatic heterocycles. The fourth-order valence-electron chi connectivity index (χ4n) is 6.10. The first-order chi connectivity index (χ1) is 17.5. The molecule has 2 N–H and O–H groups in total. The van der Waals surface area contributed by atoms with Gasteiger partial charge in [-0.15, -0.1) is 0 Å². The summed E-state index contributed by atoms with van der Waals surface area (Å²) in [6, 6.07) is 9.72. The molecule has 1 aromatic carbocycles. The van der Waals surface area contributed by atoms with Crippen LogP contribution in [0.3, 0.4) is 0 Å². The zero-order valence-electron chi connectivity index (χ0n) is 22.4. The Balaban J connectivity index is 1.38. The summed E-state index contributed by atoms with van der Waals surface area (Å²) >= 11 is 0. The standard InChI is InChI=1S/C29H44N6O/c1-4-5-14-30-28-31-19-26-27(32-28)35(24-10-12-25(36)13-11-24)21-29(26,2)23-8-6-22(7-9-23)20-34-17-15-33(3)16-18-34/h6-9,19,24-25,36H,4-5,10-18,20-21H2,1-3H3,(H,30,31,32). The van der Waals surface area contributed by atoms with Gasteiger partial charge in [0.15, 0.2) is 0 Å². The molecule has 0 spiro atoms. The minimum atomic E-state index is -0.153. The molecule has 2 aromatic rings. The van der Waals surface area contributed by atoms with Gasteiger partial charge in [-0.2, -0.15) is 4.98 Å². The molecule has 0 amide bonds. The molecule has 7 heteroatoms. The van der Waals surface area contributed by atoms with Crippen LogP contribution in [0, 0.1) is 0 Å². The number of fused-ring (bicyclic) bond motifs is 1. The van der Waals surface area contributed by atoms with Crippen LogP contribution in [0.25, 0.3) is 0 Å². The third kappa shape index (κ3) is 5.38. The Kier molecular flexibility index (Phi) is 7.79. The Hall–Kier alpha value is -2.22. The number of nitrogens with zero attached hydrogens (tertiary/aromatic N) is 5. The lowest BCUT2D eigenvalue weighted by atomic mass is 9.78. The van der Waals surface area contributed by atoms with Crippen molar-refractivity contribution in [1.82, 2.24) is 19.8 Å². The van der Waals surface area contributed by atoms with E-state index < -0.39 is 0 Å². The van der Waals surface area contributed by atoms with E-state index in [-0.39, 0.29) is 11.5 Å². The number of aliphatic hydroxyl groups is 1. The number of rotatable bonds is 8. The highest BCUT2D eigenvalue weighted by Gasteiger charge is 2.44. The maximum Gasteiger partial charge on any atom is 0.224 e. The summed E-state index contributed by atoms with van der Waals surface area (Å²) in [5.74, 6) is 1.81. The minimum Gasteiger partial charge on any atom is -0.393 e. The minimum absolute atomic E-state index is 0.153. The maximum atomic E-state index is 10.1. The molecule has 5 rings (SSSR count). The van der Waals surface area contributed by atoms with Crippen molar-refractivity contribution >= 4 is 11.8 Å². The number of aliphatic hydroxyl groups excluding tert-OH is 1. The summed E-state index contributed by atoms with van der Waals surface area (Å²) in [4.78, 5) is 17.3. The predicted octanol–water partition coefficient (Wildman–Crippen LogP) is 3.87. The average Bonchev–Trinajstić information content (AvgIpc) is 3.19. The molecule has 0 bridgehead atoms. The van der Waals surface area contributed by atoms with Gasteiger partial charge in [0.05, 0.1) is 6.10 Å². The van der Waals surface area contributed by atoms with Gasteiger partial charge in [0, 0.05) is 69.0 Å². The number of anilines is 2. The summed E-state index contributed by atoms with van der Waals surface area (Å²) in [5.41, 5.74) is 3.79. The third-order valence-corrected chi connectivity index (χ3v) is 8.64. The van der Waals surface area contributed by atoms with Crippen molar-refractivity contribution in [3.05, 3.63) is 47.2 Å². The van der Waals surface area contributed by atoms with Crippen LogP contribution in [0.4, 0.5) is 11.8 Å². The number of aromatic nitrogens is 2. The van der Waals surface area contributed by atoms with Crippen molar-refractivity contribution in [3.63, 3.8) is 0 Å². The molecule has 0 radical (unpaired) electrons. The highest BCUT2D eigenvalue weighted by molar-refractivity contribution is 5.63. The number of benzene rings is 1. The van der Waals surface area contributed by atoms with E-state index in [2.05, 4.69) is 71.4 Å². The lowest BCUT2D eigenvalue weighted by Crippen LogP contribution is -2.43. The van der Waals surface area contributed by atoms with Gasteiger partial charge in [0.25, 0.3) is 0 Å². The quantitative estimate of drug-likeness (QED) is 0.542. The zero-order chi connectivity index (χ0) is 25.1. The first-order valence-corrected chi connectivity index (χ1v) is 14.0. The topological polar surface area (TPSA) is 67.8 Å². The summed E-state index contributed by atoms with van der Waals surface area (Å²) in [7, 11) is 2.21. The van der Waals surface area contributed by atoms with E-state index in [1.165, 1.54) is 16.7 Å². The molecular weight excluding hydrogens is 448 g/mol. The summed E-state index contributed by atoms with van der Waals surface area (Å²) in [6.45, 7) is 12.0. The van der Waals surface area contributed by atoms with E-state index in [1.54, 1.807) is 0 Å². The third-order valence-electron chi connectivity index (χ3n) is 8.64. The largest absolute Gasteiger partial charge is 0.393 e. The van der Waals surface area contributed by atoms with Crippen LogP contribution < -0.4 is 10.2 Å². The zero-order valence-corrected chi connectivity index (χ0v) is 22.4. The number of likely N-dealkylation sites (N-methyl/N-ethyl adjacent to an activating group) is 1. The van der Waals surface area contributed by atoms with Gasteiger partial charge in [0.2, 0.25) is 5.95 Å². The first-order valence-electron chi connectivity index (χ1n) is 14.0. The first kappa shape index (κ1) is 25.4. The number of nitrogens with one attached hydrogen (secondary N) is 1. The molecule has 1 unspecified atom stereocenters. The van der Waals surface area contributed by atoms with Crippen LogP contribution in [0.5, 0.6) is 0 Å². The van der Waals surface area contributed by atoms with Crippen molar-refractivity contribution in [1.29, 1.82) is 0 Å². The fraction of sp³-hybridized carbons (Fsp3) is 0.655. The molecule has 3 heterocycles. The van der Waals surface area contributed by atoms with E-state index in [0.717, 1.165) is 96.1 Å². The SMILES string of the molecule is CCCCNc1ncc2c(n1)N(C1CCC(O)CC1)CC2(C)c1ccc(CN2CCN(C)CC2)cc1. The van der Waals surface area contributed by atoms with Gasteiger partial charge in [-0.25, -0.2) is 4.98 Å². The highest BCUT2D eigenvalue weighted by Crippen LogP contribution is 2.46. The smallest absolute Gasteiger partial charge is 0.224 e. The Morgan fingerprint density at radius 2 is 1.78 bits per heavy atom. The molecule has 196 valence electrons. The molecule has 36 heavy (non-hydrogen) atoms. The number of hydrogen-bond donors (Lipinski definition) is 2. The van der Waals surface area contributed by atoms with Gasteiger partial charge in [-0.1, -0.05) is 37.6 Å². The predicted molar refractivity (Wildman–Crippen MR) is 147 cm³/mol. The molecular formula is C29H44N6O. The van der Waals surface area contributed by atoms with Crippen LogP contribution in [-0.2, 0) is 12.0 Å². The second-order valence-corrected chi connectivity index (χ2v) is 11.4. The number of unbranched alkanes of at least 4 members (excludes halogenated alkanes) is 1. The number of hydrogen-bond acceptors (Lipinski definition) is 7. The molecule has 1 aromatic heterocycles. The molecule has 1 aliphatic carbocycles. The van der Waals surface area contributed by atoms with Crippen LogP contribution in [0.2, 0.25) is 0 Å². The monoisotopic (exact) mass is 492 g/mol. The Morgan fingerprint density at radius 3 is 2.47 bits per heavy atom. The van der Waals surface area contributed by atoms with Gasteiger partial charge >= 0.3 is 0 Å². The Bertz CT molecular complexity index is 997. The van der Waals surface area contributed by atoms with Crippen LogP contribution >= 0.6 is 0 Å². The van der Waals surface area contributed by atoms with Gasteiger partial charge < -0.3 is 20.2 Å². The molecule has 1 saturated carbocycles. The van der Waals surface area contributed by atoms with E-state index >= 15 is 0 Å². The van der Waals surface area contributed by atoms with E-state index in [0.29, 0.717) is 6.04 Å². The lowest BCUT2D eigenvalue weighted by Gasteiger charge is -2.36. The van der Waals surface area contributed by atoms with Crippen LogP contribution in [0.15, 0.2) is 30.5 Å². The van der Waals surface area contributed by atoms with Crippen molar-refractivity contribution in [3.8, 4) is 0 Å². The van der Waals surface area contributed by atoms with Crippen molar-refractivity contribution < 1.29 is 5.11 Å². The normalized spacial score (nSPS) is 27.3. The van der Waals surface area contributed by atoms with Gasteiger partial charge in [0.1, 0.15) is 5.82 Å². The van der Waals surface area contributed by atoms with Crippen molar-refractivity contribution in [2.75, 3.05) is 56.5 Å². The summed E-state index contributed by atoms with van der Waals surface area (Å²) in [5, 5.41) is 13.5. The fourth-order valence-corrected chi connectivity index (χ4v) is 6.10. The lowest BCUT2D eigenvalue weighted by molar-refractivity contribution is 0.121. The van der Waals surface area contributed by atoms with Crippen molar-refractivity contribution in [2.45, 2.75) is 76.5 Å². The summed E-state index contributed by atoms with van der Waals surface area (Å²) in [6.07, 6.45) is 7.96. The van der Waals surface area contributed by atoms with Crippen molar-refractivity contribution in [2.24, 2.45) is 0 Å². The molecule has 2 fully saturated rings. The second-order valence-electron chi connectivity index (χ2n) is 11.4. The second kappa shape index (κ2) is 11.0. The summed E-state index contributed by atoms with van der Waals surface area (Å²) < 4.78 is 0. The number of piperazine rings is 1. The van der Waals surface area contributed by atoms with Gasteiger partial charge in [-0.05, 0) is 57.2 Å². The molecule has 1 atom stereocenters. The molecule has 1 saturated heterocycles. The van der Waals surface area contributed by atoms with Gasteiger partial charge in [-0.3, -0.25) is 4.90 Å². The van der Waals surface area contributed by atoms with Crippen LogP contribution in [-0.4, -0.2) is 83.3 Å². The Morgan fingerprint density at radius 1 is 1.06 bits per heavy atom. The van der Waals surface area contributed by atoms with Crippen LogP contribution in [0.1, 0.15) is 69.1 Å². The highest BCUT2D eigenvalue weighted by atomic mass is 16.3. The molecule has 7 nitrogen and oxygen atoms in total.